The highest BCUT2D eigenvalue weighted by Crippen LogP contribution is 2.32. The van der Waals surface area contributed by atoms with Crippen molar-refractivity contribution in [1.29, 1.82) is 0 Å². The lowest BCUT2D eigenvalue weighted by Crippen LogP contribution is -2.48. The van der Waals surface area contributed by atoms with E-state index < -0.39 is 11.9 Å². The number of anilines is 1. The molecule has 0 bridgehead atoms. The van der Waals surface area contributed by atoms with Crippen molar-refractivity contribution in [1.82, 2.24) is 0 Å². The molecule has 0 saturated heterocycles. The van der Waals surface area contributed by atoms with E-state index in [-0.39, 0.29) is 5.91 Å². The molecular weight excluding hydrogens is 286 g/mol. The summed E-state index contributed by atoms with van der Waals surface area (Å²) >= 11 is 0. The zero-order valence-corrected chi connectivity index (χ0v) is 12.6. The summed E-state index contributed by atoms with van der Waals surface area (Å²) in [5, 5.41) is 13.4. The Morgan fingerprint density at radius 3 is 2.68 bits per heavy atom. The average molecular weight is 307 g/mol. The highest BCUT2D eigenvalue weighted by molar-refractivity contribution is 5.88. The lowest BCUT2D eigenvalue weighted by Gasteiger charge is -2.33. The van der Waals surface area contributed by atoms with E-state index in [1.807, 2.05) is 0 Å². The number of hydrogen-bond donors (Lipinski definition) is 2. The van der Waals surface area contributed by atoms with Crippen molar-refractivity contribution >= 4 is 18.1 Å². The van der Waals surface area contributed by atoms with Crippen molar-refractivity contribution in [3.05, 3.63) is 24.3 Å². The second-order valence-electron chi connectivity index (χ2n) is 5.47. The van der Waals surface area contributed by atoms with E-state index >= 15 is 0 Å². The van der Waals surface area contributed by atoms with E-state index in [9.17, 15) is 14.7 Å². The second kappa shape index (κ2) is 7.26. The van der Waals surface area contributed by atoms with Crippen LogP contribution < -0.4 is 10.1 Å². The Morgan fingerprint density at radius 2 is 2.05 bits per heavy atom. The van der Waals surface area contributed by atoms with Crippen molar-refractivity contribution in [2.24, 2.45) is 0 Å². The first-order chi connectivity index (χ1) is 10.5. The molecule has 6 heteroatoms. The highest BCUT2D eigenvalue weighted by Gasteiger charge is 2.41. The van der Waals surface area contributed by atoms with E-state index in [1.54, 1.807) is 24.3 Å². The Labute approximate surface area is 129 Å². The maximum Gasteiger partial charge on any atom is 0.293 e. The van der Waals surface area contributed by atoms with Gasteiger partial charge in [0.05, 0.1) is 0 Å². The summed E-state index contributed by atoms with van der Waals surface area (Å²) in [6.07, 6.45) is 2.94. The molecule has 6 nitrogen and oxygen atoms in total. The van der Waals surface area contributed by atoms with E-state index in [4.69, 9.17) is 9.47 Å². The predicted octanol–water partition coefficient (Wildman–Crippen LogP) is 2.22. The van der Waals surface area contributed by atoms with Gasteiger partial charge in [0.15, 0.2) is 6.10 Å². The zero-order valence-electron chi connectivity index (χ0n) is 12.6. The fraction of sp³-hybridized carbons (Fsp3) is 0.500. The minimum atomic E-state index is -1.52. The van der Waals surface area contributed by atoms with Gasteiger partial charge in [0.2, 0.25) is 11.7 Å². The number of carbonyl (C=O) groups is 2. The van der Waals surface area contributed by atoms with Crippen LogP contribution in [0.4, 0.5) is 5.69 Å². The van der Waals surface area contributed by atoms with Gasteiger partial charge in [0, 0.05) is 19.0 Å². The van der Waals surface area contributed by atoms with Crippen molar-refractivity contribution in [2.75, 3.05) is 5.32 Å². The fourth-order valence-corrected chi connectivity index (χ4v) is 2.64. The van der Waals surface area contributed by atoms with Crippen molar-refractivity contribution < 1.29 is 24.2 Å². The number of hydrogen-bond acceptors (Lipinski definition) is 5. The summed E-state index contributed by atoms with van der Waals surface area (Å²) in [5.41, 5.74) is 0.647. The SMILES string of the molecule is CC(=O)Nc1ccc(OC2(O)CCCCCC2OC=O)cc1. The molecule has 2 rings (SSSR count). The fourth-order valence-electron chi connectivity index (χ4n) is 2.64. The molecule has 1 aromatic carbocycles. The molecule has 2 atom stereocenters. The Balaban J connectivity index is 2.11. The molecule has 0 radical (unpaired) electrons. The summed E-state index contributed by atoms with van der Waals surface area (Å²) in [4.78, 5) is 21.6. The minimum absolute atomic E-state index is 0.157. The Bertz CT molecular complexity index is 516. The van der Waals surface area contributed by atoms with Gasteiger partial charge in [-0.2, -0.15) is 0 Å². The van der Waals surface area contributed by atoms with Crippen LogP contribution in [0.2, 0.25) is 0 Å². The van der Waals surface area contributed by atoms with Gasteiger partial charge in [-0.15, -0.1) is 0 Å². The maximum atomic E-state index is 11.0. The van der Waals surface area contributed by atoms with Gasteiger partial charge in [-0.25, -0.2) is 0 Å². The highest BCUT2D eigenvalue weighted by atomic mass is 16.7. The molecule has 0 aromatic heterocycles. The normalized spacial score (nSPS) is 24.9. The summed E-state index contributed by atoms with van der Waals surface area (Å²) in [7, 11) is 0. The monoisotopic (exact) mass is 307 g/mol. The smallest absolute Gasteiger partial charge is 0.293 e. The Morgan fingerprint density at radius 1 is 1.32 bits per heavy atom. The lowest BCUT2D eigenvalue weighted by atomic mass is 10.0. The third-order valence-corrected chi connectivity index (χ3v) is 3.69. The standard InChI is InChI=1S/C16H21NO5/c1-12(19)17-13-6-8-14(9-7-13)22-16(20)10-4-2-3-5-15(16)21-11-18/h6-9,11,15,20H,2-5,10H2,1H3,(H,17,19). The summed E-state index contributed by atoms with van der Waals surface area (Å²) in [6, 6.07) is 6.69. The number of carbonyl (C=O) groups excluding carboxylic acids is 2. The van der Waals surface area contributed by atoms with E-state index in [2.05, 4.69) is 5.32 Å². The largest absolute Gasteiger partial charge is 0.459 e. The molecule has 1 fully saturated rings. The Kier molecular flexibility index (Phi) is 5.38. The predicted molar refractivity (Wildman–Crippen MR) is 80.3 cm³/mol. The molecule has 2 N–H and O–H groups in total. The minimum Gasteiger partial charge on any atom is -0.459 e. The van der Waals surface area contributed by atoms with Crippen molar-refractivity contribution in [2.45, 2.75) is 50.9 Å². The molecule has 1 aliphatic rings. The van der Waals surface area contributed by atoms with Gasteiger partial charge in [-0.1, -0.05) is 6.42 Å². The molecule has 0 heterocycles. The van der Waals surface area contributed by atoms with E-state index in [0.717, 1.165) is 19.3 Å². The topological polar surface area (TPSA) is 84.9 Å². The molecule has 0 aliphatic heterocycles. The molecule has 0 spiro atoms. The van der Waals surface area contributed by atoms with Crippen molar-refractivity contribution in [3.8, 4) is 5.75 Å². The first-order valence-electron chi connectivity index (χ1n) is 7.41. The second-order valence-corrected chi connectivity index (χ2v) is 5.47. The number of aliphatic hydroxyl groups is 1. The first-order valence-corrected chi connectivity index (χ1v) is 7.41. The molecule has 1 aromatic rings. The van der Waals surface area contributed by atoms with Crippen LogP contribution in [0.5, 0.6) is 5.75 Å². The van der Waals surface area contributed by atoms with Crippen LogP contribution >= 0.6 is 0 Å². The van der Waals surface area contributed by atoms with Crippen LogP contribution in [0.1, 0.15) is 39.0 Å². The summed E-state index contributed by atoms with van der Waals surface area (Å²) in [6.45, 7) is 1.78. The maximum absolute atomic E-state index is 11.0. The average Bonchev–Trinajstić information content (AvgIpc) is 2.64. The summed E-state index contributed by atoms with van der Waals surface area (Å²) in [5.74, 6) is -1.22. The number of rotatable bonds is 5. The molecule has 22 heavy (non-hydrogen) atoms. The molecular formula is C16H21NO5. The van der Waals surface area contributed by atoms with Gasteiger partial charge in [0.25, 0.3) is 6.47 Å². The van der Waals surface area contributed by atoms with Gasteiger partial charge in [0.1, 0.15) is 5.75 Å². The van der Waals surface area contributed by atoms with Gasteiger partial charge in [-0.3, -0.25) is 9.59 Å². The molecule has 1 aliphatic carbocycles. The molecule has 1 amide bonds. The third-order valence-electron chi connectivity index (χ3n) is 3.69. The zero-order chi connectivity index (χ0) is 16.0. The van der Waals surface area contributed by atoms with Crippen LogP contribution in [0, 0.1) is 0 Å². The van der Waals surface area contributed by atoms with E-state index in [0.29, 0.717) is 30.8 Å². The van der Waals surface area contributed by atoms with Crippen LogP contribution in [0.25, 0.3) is 0 Å². The first kappa shape index (κ1) is 16.3. The third kappa shape index (κ3) is 4.21. The summed E-state index contributed by atoms with van der Waals surface area (Å²) < 4.78 is 10.7. The molecule has 1 saturated carbocycles. The van der Waals surface area contributed by atoms with Gasteiger partial charge in [-0.05, 0) is 43.5 Å². The van der Waals surface area contributed by atoms with Crippen LogP contribution in [0.15, 0.2) is 24.3 Å². The number of benzene rings is 1. The van der Waals surface area contributed by atoms with E-state index in [1.165, 1.54) is 6.92 Å². The lowest BCUT2D eigenvalue weighted by molar-refractivity contribution is -0.217. The number of ether oxygens (including phenoxy) is 2. The molecule has 2 unspecified atom stereocenters. The van der Waals surface area contributed by atoms with Crippen molar-refractivity contribution in [3.63, 3.8) is 0 Å². The van der Waals surface area contributed by atoms with Crippen LogP contribution in [-0.2, 0) is 14.3 Å². The Hall–Kier alpha value is -2.08. The van der Waals surface area contributed by atoms with Gasteiger partial charge < -0.3 is 19.9 Å². The quantitative estimate of drug-likeness (QED) is 0.495. The van der Waals surface area contributed by atoms with Gasteiger partial charge >= 0.3 is 0 Å². The number of amides is 1. The number of nitrogens with one attached hydrogen (secondary N) is 1. The van der Waals surface area contributed by atoms with Crippen LogP contribution in [0.3, 0.4) is 0 Å². The molecule has 120 valence electrons. The van der Waals surface area contributed by atoms with Crippen LogP contribution in [-0.4, -0.2) is 29.4 Å².